The molecule has 2 heterocycles. The summed E-state index contributed by atoms with van der Waals surface area (Å²) >= 11 is 0. The molecule has 0 aliphatic carbocycles. The third-order valence-corrected chi connectivity index (χ3v) is 2.66. The Bertz CT molecular complexity index is 485. The van der Waals surface area contributed by atoms with E-state index in [1.54, 1.807) is 0 Å². The van der Waals surface area contributed by atoms with Crippen LogP contribution >= 0.6 is 0 Å². The Morgan fingerprint density at radius 3 is 2.00 bits per heavy atom. The first-order chi connectivity index (χ1) is 9.40. The second-order valence-electron chi connectivity index (χ2n) is 4.08. The summed E-state index contributed by atoms with van der Waals surface area (Å²) in [6.45, 7) is 0. The zero-order valence-electron chi connectivity index (χ0n) is 10.1. The number of hydrogen-bond donors (Lipinski definition) is 1. The zero-order chi connectivity index (χ0) is 14.9. The number of hydrogen-bond acceptors (Lipinski definition) is 8. The van der Waals surface area contributed by atoms with Gasteiger partial charge in [0, 0.05) is 25.7 Å². The van der Waals surface area contributed by atoms with Crippen LogP contribution in [0, 0.1) is 0 Å². The van der Waals surface area contributed by atoms with E-state index >= 15 is 0 Å². The highest BCUT2D eigenvalue weighted by Gasteiger charge is 2.38. The first-order valence-electron chi connectivity index (χ1n) is 5.70. The SMILES string of the molecule is O=C(ON1C(=O)CCC1=O)C(=O)ON1C(=O)CCC1O. The van der Waals surface area contributed by atoms with Gasteiger partial charge in [0.05, 0.1) is 0 Å². The maximum Gasteiger partial charge on any atom is 0.444 e. The van der Waals surface area contributed by atoms with Crippen LogP contribution < -0.4 is 0 Å². The number of nitrogens with zero attached hydrogens (tertiary/aromatic N) is 2. The van der Waals surface area contributed by atoms with Gasteiger partial charge in [0.2, 0.25) is 0 Å². The minimum atomic E-state index is -1.64. The van der Waals surface area contributed by atoms with Gasteiger partial charge < -0.3 is 14.8 Å². The average molecular weight is 286 g/mol. The summed E-state index contributed by atoms with van der Waals surface area (Å²) in [5.74, 6) is -5.44. The molecule has 0 bridgehead atoms. The number of aliphatic hydroxyl groups is 1. The molecule has 3 amide bonds. The molecular formula is C10H10N2O8. The van der Waals surface area contributed by atoms with E-state index in [0.717, 1.165) is 0 Å². The van der Waals surface area contributed by atoms with Crippen LogP contribution in [0.2, 0.25) is 0 Å². The van der Waals surface area contributed by atoms with E-state index in [1.165, 1.54) is 0 Å². The lowest BCUT2D eigenvalue weighted by Gasteiger charge is -2.18. The molecular weight excluding hydrogens is 276 g/mol. The van der Waals surface area contributed by atoms with Crippen molar-refractivity contribution in [2.45, 2.75) is 31.9 Å². The van der Waals surface area contributed by atoms with Gasteiger partial charge in [-0.2, -0.15) is 0 Å². The highest BCUT2D eigenvalue weighted by atomic mass is 16.8. The number of carbonyl (C=O) groups excluding carboxylic acids is 5. The number of amides is 3. The van der Waals surface area contributed by atoms with Gasteiger partial charge in [0.15, 0.2) is 6.23 Å². The van der Waals surface area contributed by atoms with Crippen molar-refractivity contribution in [1.29, 1.82) is 0 Å². The molecule has 10 nitrogen and oxygen atoms in total. The van der Waals surface area contributed by atoms with Crippen molar-refractivity contribution >= 4 is 29.7 Å². The van der Waals surface area contributed by atoms with Gasteiger partial charge in [-0.3, -0.25) is 14.4 Å². The predicted molar refractivity (Wildman–Crippen MR) is 55.4 cm³/mol. The normalized spacial score (nSPS) is 22.4. The number of rotatable bonds is 2. The summed E-state index contributed by atoms with van der Waals surface area (Å²) in [7, 11) is 0. The van der Waals surface area contributed by atoms with Crippen LogP contribution in [0.25, 0.3) is 0 Å². The quantitative estimate of drug-likeness (QED) is 0.455. The number of imide groups is 1. The molecule has 2 fully saturated rings. The first-order valence-corrected chi connectivity index (χ1v) is 5.70. The van der Waals surface area contributed by atoms with Crippen molar-refractivity contribution in [1.82, 2.24) is 10.1 Å². The smallest absolute Gasteiger partial charge is 0.370 e. The van der Waals surface area contributed by atoms with Gasteiger partial charge >= 0.3 is 11.9 Å². The number of hydroxylamine groups is 4. The summed E-state index contributed by atoms with van der Waals surface area (Å²) in [4.78, 5) is 64.8. The minimum Gasteiger partial charge on any atom is -0.370 e. The Morgan fingerprint density at radius 2 is 1.50 bits per heavy atom. The van der Waals surface area contributed by atoms with Crippen molar-refractivity contribution < 1.29 is 38.8 Å². The van der Waals surface area contributed by atoms with Gasteiger partial charge in [0.25, 0.3) is 17.7 Å². The molecule has 0 aromatic rings. The Labute approximate surface area is 111 Å². The fourth-order valence-corrected chi connectivity index (χ4v) is 1.66. The molecule has 1 atom stereocenters. The Balaban J connectivity index is 1.92. The molecule has 2 aliphatic heterocycles. The van der Waals surface area contributed by atoms with Crippen molar-refractivity contribution in [2.75, 3.05) is 0 Å². The van der Waals surface area contributed by atoms with Crippen LogP contribution in [0.4, 0.5) is 0 Å². The molecule has 2 rings (SSSR count). The Morgan fingerprint density at radius 1 is 0.950 bits per heavy atom. The van der Waals surface area contributed by atoms with Crippen LogP contribution in [0.3, 0.4) is 0 Å². The third kappa shape index (κ3) is 2.59. The fraction of sp³-hybridized carbons (Fsp3) is 0.500. The molecule has 2 saturated heterocycles. The van der Waals surface area contributed by atoms with Crippen molar-refractivity contribution in [3.05, 3.63) is 0 Å². The number of aliphatic hydroxyl groups excluding tert-OH is 1. The topological polar surface area (TPSA) is 131 Å². The first kappa shape index (κ1) is 13.9. The average Bonchev–Trinajstić information content (AvgIpc) is 2.88. The minimum absolute atomic E-state index is 0.0351. The maximum atomic E-state index is 11.3. The summed E-state index contributed by atoms with van der Waals surface area (Å²) in [5.41, 5.74) is 0. The molecule has 0 saturated carbocycles. The van der Waals surface area contributed by atoms with Gasteiger partial charge in [-0.1, -0.05) is 0 Å². The van der Waals surface area contributed by atoms with Crippen molar-refractivity contribution in [3.63, 3.8) is 0 Å². The van der Waals surface area contributed by atoms with Crippen LogP contribution in [-0.2, 0) is 33.6 Å². The summed E-state index contributed by atoms with van der Waals surface area (Å²) in [6, 6.07) is 0. The van der Waals surface area contributed by atoms with E-state index in [4.69, 9.17) is 0 Å². The second-order valence-corrected chi connectivity index (χ2v) is 4.08. The van der Waals surface area contributed by atoms with E-state index in [9.17, 15) is 29.1 Å². The zero-order valence-corrected chi connectivity index (χ0v) is 10.1. The van der Waals surface area contributed by atoms with E-state index in [1.807, 2.05) is 0 Å². The molecule has 0 spiro atoms. The molecule has 20 heavy (non-hydrogen) atoms. The van der Waals surface area contributed by atoms with Crippen LogP contribution in [0.15, 0.2) is 0 Å². The van der Waals surface area contributed by atoms with E-state index in [-0.39, 0.29) is 30.7 Å². The van der Waals surface area contributed by atoms with Crippen LogP contribution in [0.1, 0.15) is 25.7 Å². The van der Waals surface area contributed by atoms with Gasteiger partial charge in [-0.25, -0.2) is 9.59 Å². The summed E-state index contributed by atoms with van der Waals surface area (Å²) in [5, 5.41) is 9.83. The second kappa shape index (κ2) is 5.25. The molecule has 0 radical (unpaired) electrons. The molecule has 0 aromatic carbocycles. The van der Waals surface area contributed by atoms with Crippen LogP contribution in [0.5, 0.6) is 0 Å². The lowest BCUT2D eigenvalue weighted by atomic mass is 10.4. The van der Waals surface area contributed by atoms with Gasteiger partial charge in [-0.15, -0.1) is 10.1 Å². The largest absolute Gasteiger partial charge is 0.444 e. The summed E-state index contributed by atoms with van der Waals surface area (Å²) < 4.78 is 0. The lowest BCUT2D eigenvalue weighted by molar-refractivity contribution is -0.230. The van der Waals surface area contributed by atoms with Crippen LogP contribution in [-0.4, -0.2) is 51.1 Å². The highest BCUT2D eigenvalue weighted by Crippen LogP contribution is 2.17. The van der Waals surface area contributed by atoms with Gasteiger partial charge in [0.1, 0.15) is 0 Å². The highest BCUT2D eigenvalue weighted by molar-refractivity contribution is 6.30. The fourth-order valence-electron chi connectivity index (χ4n) is 1.66. The standard InChI is InChI=1S/C10H10N2O8/c13-5-1-2-6(14)11(5)19-9(17)10(18)20-12-7(15)3-4-8(12)16/h5,13H,1-4H2. The predicted octanol–water partition coefficient (Wildman–Crippen LogP) is -2.01. The third-order valence-electron chi connectivity index (χ3n) is 2.66. The maximum absolute atomic E-state index is 11.3. The van der Waals surface area contributed by atoms with Crippen molar-refractivity contribution in [2.24, 2.45) is 0 Å². The van der Waals surface area contributed by atoms with Gasteiger partial charge in [-0.05, 0) is 0 Å². The monoisotopic (exact) mass is 286 g/mol. The molecule has 1 unspecified atom stereocenters. The molecule has 108 valence electrons. The Hall–Kier alpha value is -2.49. The van der Waals surface area contributed by atoms with E-state index < -0.39 is 35.9 Å². The van der Waals surface area contributed by atoms with E-state index in [0.29, 0.717) is 5.06 Å². The molecule has 10 heteroatoms. The van der Waals surface area contributed by atoms with E-state index in [2.05, 4.69) is 9.68 Å². The molecule has 2 aliphatic rings. The molecule has 1 N–H and O–H groups in total. The van der Waals surface area contributed by atoms with Crippen molar-refractivity contribution in [3.8, 4) is 0 Å². The number of carbonyl (C=O) groups is 5. The lowest BCUT2D eigenvalue weighted by Crippen LogP contribution is -2.40. The molecule has 0 aromatic heterocycles. The Kier molecular flexibility index (Phi) is 3.66. The summed E-state index contributed by atoms with van der Waals surface area (Å²) in [6.07, 6.45) is -1.56.